The van der Waals surface area contributed by atoms with Gasteiger partial charge >= 0.3 is 0 Å². The molecule has 98 valence electrons. The van der Waals surface area contributed by atoms with Gasteiger partial charge in [-0.25, -0.2) is 0 Å². The van der Waals surface area contributed by atoms with Gasteiger partial charge in [0.1, 0.15) is 5.75 Å². The number of hydrogen-bond acceptors (Lipinski definition) is 3. The lowest BCUT2D eigenvalue weighted by Gasteiger charge is -2.05. The van der Waals surface area contributed by atoms with Crippen molar-refractivity contribution in [3.05, 3.63) is 64.5 Å². The van der Waals surface area contributed by atoms with Crippen LogP contribution < -0.4 is 4.74 Å². The Kier molecular flexibility index (Phi) is 2.60. The highest BCUT2D eigenvalue weighted by atomic mass is 32.1. The highest BCUT2D eigenvalue weighted by Gasteiger charge is 2.17. The van der Waals surface area contributed by atoms with Gasteiger partial charge in [0.15, 0.2) is 5.78 Å². The number of carbonyl (C=O) groups excluding carboxylic acids is 1. The highest BCUT2D eigenvalue weighted by Crippen LogP contribution is 2.30. The van der Waals surface area contributed by atoms with Gasteiger partial charge in [0, 0.05) is 22.2 Å². The van der Waals surface area contributed by atoms with Gasteiger partial charge in [-0.3, -0.25) is 4.79 Å². The lowest BCUT2D eigenvalue weighted by atomic mass is 9.99. The quantitative estimate of drug-likeness (QED) is 0.661. The Balaban J connectivity index is 1.82. The van der Waals surface area contributed by atoms with Gasteiger partial charge in [0.25, 0.3) is 0 Å². The molecule has 2 aromatic carbocycles. The molecule has 0 aliphatic carbocycles. The van der Waals surface area contributed by atoms with E-state index in [9.17, 15) is 4.79 Å². The van der Waals surface area contributed by atoms with E-state index in [-0.39, 0.29) is 5.78 Å². The maximum Gasteiger partial charge on any atom is 0.194 e. The molecule has 1 aliphatic rings. The molecular formula is C17H12O2S. The minimum Gasteiger partial charge on any atom is -0.493 e. The minimum atomic E-state index is 0.0905. The summed E-state index contributed by atoms with van der Waals surface area (Å²) < 4.78 is 6.55. The van der Waals surface area contributed by atoms with Crippen LogP contribution in [0, 0.1) is 0 Å². The maximum atomic E-state index is 12.7. The second-order valence-corrected chi connectivity index (χ2v) is 5.81. The Bertz CT molecular complexity index is 817. The first-order valence-corrected chi connectivity index (χ1v) is 7.47. The van der Waals surface area contributed by atoms with Crippen molar-refractivity contribution in [1.29, 1.82) is 0 Å². The third-order valence-corrected chi connectivity index (χ3v) is 4.64. The molecule has 20 heavy (non-hydrogen) atoms. The number of fused-ring (bicyclic) bond motifs is 2. The average molecular weight is 280 g/mol. The molecule has 1 aromatic heterocycles. The van der Waals surface area contributed by atoms with E-state index < -0.39 is 0 Å². The van der Waals surface area contributed by atoms with Crippen molar-refractivity contribution in [3.63, 3.8) is 0 Å². The number of ketones is 1. The molecule has 0 unspecified atom stereocenters. The number of carbonyl (C=O) groups is 1. The van der Waals surface area contributed by atoms with Crippen molar-refractivity contribution in [3.8, 4) is 5.75 Å². The van der Waals surface area contributed by atoms with Gasteiger partial charge in [-0.15, -0.1) is 11.3 Å². The largest absolute Gasteiger partial charge is 0.493 e. The molecule has 0 radical (unpaired) electrons. The van der Waals surface area contributed by atoms with E-state index in [4.69, 9.17) is 4.74 Å². The lowest BCUT2D eigenvalue weighted by Crippen LogP contribution is -2.01. The van der Waals surface area contributed by atoms with Gasteiger partial charge in [0.05, 0.1) is 6.61 Å². The van der Waals surface area contributed by atoms with Crippen molar-refractivity contribution in [2.75, 3.05) is 6.61 Å². The van der Waals surface area contributed by atoms with E-state index in [1.54, 1.807) is 11.3 Å². The highest BCUT2D eigenvalue weighted by molar-refractivity contribution is 7.17. The summed E-state index contributed by atoms with van der Waals surface area (Å²) in [6.45, 7) is 0.716. The predicted octanol–water partition coefficient (Wildman–Crippen LogP) is 4.07. The molecule has 2 nitrogen and oxygen atoms in total. The Morgan fingerprint density at radius 1 is 1.15 bits per heavy atom. The fourth-order valence-electron chi connectivity index (χ4n) is 2.66. The van der Waals surface area contributed by atoms with Gasteiger partial charge < -0.3 is 4.74 Å². The lowest BCUT2D eigenvalue weighted by molar-refractivity contribution is 0.104. The van der Waals surface area contributed by atoms with Crippen molar-refractivity contribution >= 4 is 27.2 Å². The van der Waals surface area contributed by atoms with E-state index in [2.05, 4.69) is 0 Å². The molecule has 0 fully saturated rings. The molecule has 0 saturated heterocycles. The molecule has 0 amide bonds. The van der Waals surface area contributed by atoms with Gasteiger partial charge in [-0.1, -0.05) is 12.1 Å². The summed E-state index contributed by atoms with van der Waals surface area (Å²) in [7, 11) is 0. The molecule has 4 rings (SSSR count). The summed E-state index contributed by atoms with van der Waals surface area (Å²) in [5.41, 5.74) is 2.67. The number of ether oxygens (including phenoxy) is 1. The van der Waals surface area contributed by atoms with Crippen LogP contribution in [0.4, 0.5) is 0 Å². The number of hydrogen-bond donors (Lipinski definition) is 0. The fourth-order valence-corrected chi connectivity index (χ4v) is 3.57. The van der Waals surface area contributed by atoms with E-state index >= 15 is 0 Å². The summed E-state index contributed by atoms with van der Waals surface area (Å²) in [5, 5.41) is 3.16. The SMILES string of the molecule is O=C(c1ccc2c(c1)CCO2)c1cccc2ccsc12. The second kappa shape index (κ2) is 4.46. The van der Waals surface area contributed by atoms with Crippen molar-refractivity contribution in [2.45, 2.75) is 6.42 Å². The van der Waals surface area contributed by atoms with Gasteiger partial charge in [-0.2, -0.15) is 0 Å². The third kappa shape index (κ3) is 1.74. The van der Waals surface area contributed by atoms with E-state index in [0.717, 1.165) is 38.9 Å². The molecule has 0 saturated carbocycles. The zero-order valence-corrected chi connectivity index (χ0v) is 11.6. The van der Waals surface area contributed by atoms with Crippen LogP contribution in [-0.2, 0) is 6.42 Å². The van der Waals surface area contributed by atoms with Crippen LogP contribution in [0.5, 0.6) is 5.75 Å². The van der Waals surface area contributed by atoms with E-state index in [1.807, 2.05) is 47.8 Å². The molecule has 0 atom stereocenters. The van der Waals surface area contributed by atoms with E-state index in [0.29, 0.717) is 6.61 Å². The first-order chi connectivity index (χ1) is 9.83. The topological polar surface area (TPSA) is 26.3 Å². The average Bonchev–Trinajstić information content (AvgIpc) is 3.13. The van der Waals surface area contributed by atoms with Crippen molar-refractivity contribution in [1.82, 2.24) is 0 Å². The summed E-state index contributed by atoms with van der Waals surface area (Å²) >= 11 is 1.62. The molecule has 0 bridgehead atoms. The number of benzene rings is 2. The van der Waals surface area contributed by atoms with Crippen LogP contribution >= 0.6 is 11.3 Å². The third-order valence-electron chi connectivity index (χ3n) is 3.68. The molecule has 0 N–H and O–H groups in total. The Labute approximate surface area is 120 Å². The van der Waals surface area contributed by atoms with E-state index in [1.165, 1.54) is 0 Å². The number of thiophene rings is 1. The van der Waals surface area contributed by atoms with Crippen LogP contribution in [0.25, 0.3) is 10.1 Å². The van der Waals surface area contributed by atoms with Crippen molar-refractivity contribution < 1.29 is 9.53 Å². The minimum absolute atomic E-state index is 0.0905. The summed E-state index contributed by atoms with van der Waals surface area (Å²) in [4.78, 5) is 12.7. The van der Waals surface area contributed by atoms with Gasteiger partial charge in [0.2, 0.25) is 0 Å². The predicted molar refractivity (Wildman–Crippen MR) is 80.9 cm³/mol. The smallest absolute Gasteiger partial charge is 0.194 e. The van der Waals surface area contributed by atoms with Gasteiger partial charge in [-0.05, 0) is 46.7 Å². The summed E-state index contributed by atoms with van der Waals surface area (Å²) in [6, 6.07) is 13.7. The second-order valence-electron chi connectivity index (χ2n) is 4.89. The fraction of sp³-hybridized carbons (Fsp3) is 0.118. The summed E-state index contributed by atoms with van der Waals surface area (Å²) in [6.07, 6.45) is 0.889. The maximum absolute atomic E-state index is 12.7. The Morgan fingerprint density at radius 2 is 2.10 bits per heavy atom. The van der Waals surface area contributed by atoms with Crippen LogP contribution in [0.3, 0.4) is 0 Å². The normalized spacial score (nSPS) is 13.2. The molecular weight excluding hydrogens is 268 g/mol. The van der Waals surface area contributed by atoms with Crippen LogP contribution in [0.15, 0.2) is 47.8 Å². The molecule has 0 spiro atoms. The molecule has 3 heteroatoms. The number of rotatable bonds is 2. The standard InChI is InChI=1S/C17H12O2S/c18-16(13-4-5-15-12(10-13)6-8-19-15)14-3-1-2-11-7-9-20-17(11)14/h1-5,7,9-10H,6,8H2. The monoisotopic (exact) mass is 280 g/mol. The Morgan fingerprint density at radius 3 is 3.05 bits per heavy atom. The molecule has 1 aliphatic heterocycles. The van der Waals surface area contributed by atoms with Crippen LogP contribution in [-0.4, -0.2) is 12.4 Å². The molecule has 2 heterocycles. The first kappa shape index (κ1) is 11.7. The van der Waals surface area contributed by atoms with Crippen LogP contribution in [0.1, 0.15) is 21.5 Å². The first-order valence-electron chi connectivity index (χ1n) is 6.59. The Hall–Kier alpha value is -2.13. The summed E-state index contributed by atoms with van der Waals surface area (Å²) in [5.74, 6) is 1.00. The van der Waals surface area contributed by atoms with Crippen LogP contribution in [0.2, 0.25) is 0 Å². The van der Waals surface area contributed by atoms with Crippen molar-refractivity contribution in [2.24, 2.45) is 0 Å². The zero-order valence-electron chi connectivity index (χ0n) is 10.8. The molecule has 3 aromatic rings. The zero-order chi connectivity index (χ0) is 13.5.